The van der Waals surface area contributed by atoms with Gasteiger partial charge in [0.15, 0.2) is 5.78 Å². The van der Waals surface area contributed by atoms with Gasteiger partial charge < -0.3 is 9.47 Å². The van der Waals surface area contributed by atoms with Crippen molar-refractivity contribution in [2.24, 2.45) is 0 Å². The lowest BCUT2D eigenvalue weighted by atomic mass is 10.0. The first-order chi connectivity index (χ1) is 10.6. The smallest absolute Gasteiger partial charge is 0.227 e. The molecular formula is C19H18O3. The Morgan fingerprint density at radius 1 is 1.00 bits per heavy atom. The number of ketones is 1. The minimum atomic E-state index is -0.634. The van der Waals surface area contributed by atoms with Crippen LogP contribution in [-0.2, 0) is 9.47 Å². The van der Waals surface area contributed by atoms with E-state index in [1.54, 1.807) is 12.1 Å². The molecule has 3 heteroatoms. The summed E-state index contributed by atoms with van der Waals surface area (Å²) < 4.78 is 11.8. The second kappa shape index (κ2) is 5.78. The molecule has 0 bridgehead atoms. The number of ether oxygens (including phenoxy) is 2. The fourth-order valence-electron chi connectivity index (χ4n) is 2.37. The van der Waals surface area contributed by atoms with E-state index in [0.29, 0.717) is 11.3 Å². The normalized spacial score (nSPS) is 21.5. The van der Waals surface area contributed by atoms with Crippen molar-refractivity contribution in [3.8, 4) is 0 Å². The average molecular weight is 294 g/mol. The summed E-state index contributed by atoms with van der Waals surface area (Å²) in [4.78, 5) is 12.3. The highest BCUT2D eigenvalue weighted by Gasteiger charge is 2.39. The number of carbonyl (C=O) groups excluding carboxylic acids is 1. The molecule has 1 heterocycles. The largest absolute Gasteiger partial charge is 0.462 e. The van der Waals surface area contributed by atoms with Gasteiger partial charge in [-0.2, -0.15) is 0 Å². The number of rotatable bonds is 3. The zero-order valence-corrected chi connectivity index (χ0v) is 12.7. The van der Waals surface area contributed by atoms with Crippen LogP contribution in [0.15, 0.2) is 72.5 Å². The van der Waals surface area contributed by atoms with E-state index in [2.05, 4.69) is 0 Å². The van der Waals surface area contributed by atoms with Crippen LogP contribution in [0.1, 0.15) is 36.1 Å². The Morgan fingerprint density at radius 2 is 1.59 bits per heavy atom. The summed E-state index contributed by atoms with van der Waals surface area (Å²) in [5, 5.41) is 0. The quantitative estimate of drug-likeness (QED) is 0.626. The molecule has 1 fully saturated rings. The summed E-state index contributed by atoms with van der Waals surface area (Å²) in [6.07, 6.45) is 1.05. The molecular weight excluding hydrogens is 276 g/mol. The average Bonchev–Trinajstić information content (AvgIpc) is 2.84. The summed E-state index contributed by atoms with van der Waals surface area (Å²) in [7, 11) is 0. The van der Waals surface area contributed by atoms with Gasteiger partial charge in [0, 0.05) is 17.2 Å². The molecule has 3 rings (SSSR count). The fraction of sp³-hybridized carbons (Fsp3) is 0.211. The van der Waals surface area contributed by atoms with Crippen molar-refractivity contribution in [3.05, 3.63) is 83.6 Å². The molecule has 0 amide bonds. The van der Waals surface area contributed by atoms with E-state index in [0.717, 1.165) is 5.56 Å². The van der Waals surface area contributed by atoms with Crippen LogP contribution < -0.4 is 0 Å². The summed E-state index contributed by atoms with van der Waals surface area (Å²) in [6.45, 7) is 3.81. The van der Waals surface area contributed by atoms with Crippen LogP contribution in [0, 0.1) is 0 Å². The number of carbonyl (C=O) groups is 1. The molecule has 112 valence electrons. The van der Waals surface area contributed by atoms with Crippen LogP contribution >= 0.6 is 0 Å². The van der Waals surface area contributed by atoms with Gasteiger partial charge in [0.1, 0.15) is 11.4 Å². The van der Waals surface area contributed by atoms with Gasteiger partial charge in [0.2, 0.25) is 6.29 Å². The van der Waals surface area contributed by atoms with Gasteiger partial charge in [-0.25, -0.2) is 0 Å². The first-order valence-electron chi connectivity index (χ1n) is 7.27. The summed E-state index contributed by atoms with van der Waals surface area (Å²) in [6, 6.07) is 18.9. The molecule has 1 atom stereocenters. The maximum Gasteiger partial charge on any atom is 0.227 e. The Balaban J connectivity index is 1.85. The van der Waals surface area contributed by atoms with Gasteiger partial charge in [-0.15, -0.1) is 0 Å². The van der Waals surface area contributed by atoms with Gasteiger partial charge >= 0.3 is 0 Å². The van der Waals surface area contributed by atoms with Crippen LogP contribution in [0.5, 0.6) is 0 Å². The lowest BCUT2D eigenvalue weighted by molar-refractivity contribution is -0.0799. The van der Waals surface area contributed by atoms with Crippen molar-refractivity contribution in [2.45, 2.75) is 25.7 Å². The fourth-order valence-corrected chi connectivity index (χ4v) is 2.37. The molecule has 0 aromatic heterocycles. The van der Waals surface area contributed by atoms with Crippen LogP contribution in [-0.4, -0.2) is 11.4 Å². The highest BCUT2D eigenvalue weighted by molar-refractivity contribution is 6.04. The monoisotopic (exact) mass is 294 g/mol. The first-order valence-corrected chi connectivity index (χ1v) is 7.27. The summed E-state index contributed by atoms with van der Waals surface area (Å²) in [5.41, 5.74) is 0.939. The Labute approximate surface area is 130 Å². The van der Waals surface area contributed by atoms with Crippen molar-refractivity contribution in [1.29, 1.82) is 0 Å². The Bertz CT molecular complexity index is 687. The van der Waals surface area contributed by atoms with Gasteiger partial charge in [0.05, 0.1) is 0 Å². The molecule has 0 radical (unpaired) electrons. The van der Waals surface area contributed by atoms with E-state index in [1.165, 1.54) is 6.08 Å². The molecule has 3 nitrogen and oxygen atoms in total. The second-order valence-corrected chi connectivity index (χ2v) is 5.73. The number of hydrogen-bond donors (Lipinski definition) is 0. The Morgan fingerprint density at radius 3 is 2.23 bits per heavy atom. The topological polar surface area (TPSA) is 35.5 Å². The van der Waals surface area contributed by atoms with E-state index in [4.69, 9.17) is 9.47 Å². The van der Waals surface area contributed by atoms with Crippen molar-refractivity contribution >= 4 is 5.78 Å². The third-order valence-electron chi connectivity index (χ3n) is 3.62. The molecule has 0 aliphatic carbocycles. The van der Waals surface area contributed by atoms with Gasteiger partial charge in [0.25, 0.3) is 0 Å². The van der Waals surface area contributed by atoms with E-state index < -0.39 is 11.9 Å². The number of hydrogen-bond acceptors (Lipinski definition) is 3. The van der Waals surface area contributed by atoms with E-state index in [9.17, 15) is 4.79 Å². The number of benzene rings is 2. The second-order valence-electron chi connectivity index (χ2n) is 5.73. The molecule has 0 unspecified atom stereocenters. The standard InChI is InChI=1S/C19H18O3/c1-19(2)17(13-16(20)14-9-5-3-6-10-14)21-18(22-19)15-11-7-4-8-12-15/h3-13,18H,1-2H3/b17-13-/t18-/m0/s1. The van der Waals surface area contributed by atoms with Crippen molar-refractivity contribution in [2.75, 3.05) is 0 Å². The summed E-state index contributed by atoms with van der Waals surface area (Å²) >= 11 is 0. The molecule has 0 N–H and O–H groups in total. The zero-order chi connectivity index (χ0) is 15.6. The predicted octanol–water partition coefficient (Wildman–Crippen LogP) is 4.28. The molecule has 2 aromatic rings. The van der Waals surface area contributed by atoms with E-state index in [-0.39, 0.29) is 5.78 Å². The third-order valence-corrected chi connectivity index (χ3v) is 3.62. The van der Waals surface area contributed by atoms with Gasteiger partial charge in [-0.05, 0) is 13.8 Å². The van der Waals surface area contributed by atoms with E-state index in [1.807, 2.05) is 62.4 Å². The van der Waals surface area contributed by atoms with Gasteiger partial charge in [-0.1, -0.05) is 60.7 Å². The molecule has 0 saturated carbocycles. The first kappa shape index (κ1) is 14.5. The van der Waals surface area contributed by atoms with Crippen LogP contribution in [0.3, 0.4) is 0 Å². The third kappa shape index (κ3) is 2.95. The van der Waals surface area contributed by atoms with Crippen molar-refractivity contribution in [1.82, 2.24) is 0 Å². The zero-order valence-electron chi connectivity index (χ0n) is 12.7. The predicted molar refractivity (Wildman–Crippen MR) is 84.3 cm³/mol. The molecule has 0 spiro atoms. The Kier molecular flexibility index (Phi) is 3.82. The van der Waals surface area contributed by atoms with Crippen LogP contribution in [0.25, 0.3) is 0 Å². The molecule has 22 heavy (non-hydrogen) atoms. The van der Waals surface area contributed by atoms with Crippen LogP contribution in [0.4, 0.5) is 0 Å². The molecule has 2 aromatic carbocycles. The molecule has 1 aliphatic heterocycles. The van der Waals surface area contributed by atoms with Crippen LogP contribution in [0.2, 0.25) is 0 Å². The summed E-state index contributed by atoms with van der Waals surface area (Å²) in [5.74, 6) is 0.469. The highest BCUT2D eigenvalue weighted by atomic mass is 16.7. The SMILES string of the molecule is CC1(C)O[C@@H](c2ccccc2)O/C1=C\C(=O)c1ccccc1. The molecule has 1 aliphatic rings. The van der Waals surface area contributed by atoms with Crippen molar-refractivity contribution in [3.63, 3.8) is 0 Å². The number of allylic oxidation sites excluding steroid dienone is 1. The maximum absolute atomic E-state index is 12.3. The van der Waals surface area contributed by atoms with E-state index >= 15 is 0 Å². The lowest BCUT2D eigenvalue weighted by Crippen LogP contribution is -2.21. The van der Waals surface area contributed by atoms with Gasteiger partial charge in [-0.3, -0.25) is 4.79 Å². The lowest BCUT2D eigenvalue weighted by Gasteiger charge is -2.15. The molecule has 1 saturated heterocycles. The minimum Gasteiger partial charge on any atom is -0.462 e. The highest BCUT2D eigenvalue weighted by Crippen LogP contribution is 2.40. The Hall–Kier alpha value is -2.39. The maximum atomic E-state index is 12.3. The minimum absolute atomic E-state index is 0.0824. The van der Waals surface area contributed by atoms with Crippen molar-refractivity contribution < 1.29 is 14.3 Å².